The van der Waals surface area contributed by atoms with Gasteiger partial charge in [-0.1, -0.05) is 12.1 Å². The van der Waals surface area contributed by atoms with Gasteiger partial charge >= 0.3 is 0 Å². The highest BCUT2D eigenvalue weighted by atomic mass is 15.3. The molecule has 5 nitrogen and oxygen atoms in total. The van der Waals surface area contributed by atoms with E-state index in [2.05, 4.69) is 45.7 Å². The molecule has 0 aliphatic carbocycles. The molecule has 0 aliphatic heterocycles. The molecule has 0 aliphatic rings. The van der Waals surface area contributed by atoms with Crippen molar-refractivity contribution in [3.8, 4) is 11.8 Å². The highest BCUT2D eigenvalue weighted by Gasteiger charge is 2.07. The zero-order valence-corrected chi connectivity index (χ0v) is 13.8. The molecule has 0 fully saturated rings. The Bertz CT molecular complexity index is 858. The lowest BCUT2D eigenvalue weighted by atomic mass is 10.1. The van der Waals surface area contributed by atoms with Crippen LogP contribution in [0.5, 0.6) is 0 Å². The van der Waals surface area contributed by atoms with Crippen molar-refractivity contribution in [2.45, 2.75) is 20.3 Å². The van der Waals surface area contributed by atoms with Crippen LogP contribution in [0.4, 0.5) is 5.82 Å². The van der Waals surface area contributed by atoms with E-state index in [4.69, 9.17) is 0 Å². The van der Waals surface area contributed by atoms with E-state index in [1.807, 2.05) is 36.9 Å². The minimum atomic E-state index is 0.620. The Balaban J connectivity index is 1.64. The van der Waals surface area contributed by atoms with Crippen molar-refractivity contribution in [2.75, 3.05) is 11.9 Å². The Hall–Kier alpha value is -3.13. The van der Waals surface area contributed by atoms with Gasteiger partial charge in [0.15, 0.2) is 0 Å². The van der Waals surface area contributed by atoms with E-state index < -0.39 is 0 Å². The van der Waals surface area contributed by atoms with E-state index in [0.717, 1.165) is 29.9 Å². The number of aromatic nitrogens is 3. The van der Waals surface area contributed by atoms with Crippen LogP contribution in [0.1, 0.15) is 22.4 Å². The van der Waals surface area contributed by atoms with Gasteiger partial charge in [0, 0.05) is 24.6 Å². The summed E-state index contributed by atoms with van der Waals surface area (Å²) in [6.45, 7) is 4.60. The van der Waals surface area contributed by atoms with E-state index in [1.165, 1.54) is 5.56 Å². The van der Waals surface area contributed by atoms with Crippen molar-refractivity contribution in [1.82, 2.24) is 14.8 Å². The number of aryl methyl sites for hydroxylation is 2. The molecule has 3 aromatic rings. The van der Waals surface area contributed by atoms with Crippen molar-refractivity contribution >= 4 is 5.82 Å². The van der Waals surface area contributed by atoms with Crippen molar-refractivity contribution in [1.29, 1.82) is 5.26 Å². The first-order valence-corrected chi connectivity index (χ1v) is 7.88. The number of hydrogen-bond donors (Lipinski definition) is 1. The number of nitrogens with zero attached hydrogens (tertiary/aromatic N) is 4. The lowest BCUT2D eigenvalue weighted by molar-refractivity contribution is 0.878. The van der Waals surface area contributed by atoms with E-state index >= 15 is 0 Å². The standard InChI is InChI=1S/C19H19N5/c1-14-12-15(2)23-19(18(14)13-20)21-10-8-16-4-6-17(7-5-16)24-11-3-9-22-24/h3-7,9,11-12H,8,10H2,1-2H3,(H,21,23). The van der Waals surface area contributed by atoms with Crippen molar-refractivity contribution < 1.29 is 0 Å². The van der Waals surface area contributed by atoms with Crippen LogP contribution < -0.4 is 5.32 Å². The van der Waals surface area contributed by atoms with Gasteiger partial charge in [-0.05, 0) is 55.7 Å². The van der Waals surface area contributed by atoms with Gasteiger partial charge in [0.2, 0.25) is 0 Å². The van der Waals surface area contributed by atoms with Gasteiger partial charge in [-0.25, -0.2) is 9.67 Å². The fraction of sp³-hybridized carbons (Fsp3) is 0.211. The molecule has 0 amide bonds. The Kier molecular flexibility index (Phi) is 4.57. The van der Waals surface area contributed by atoms with Crippen molar-refractivity contribution in [2.24, 2.45) is 0 Å². The van der Waals surface area contributed by atoms with Gasteiger partial charge in [0.1, 0.15) is 11.9 Å². The summed E-state index contributed by atoms with van der Waals surface area (Å²) >= 11 is 0. The summed E-state index contributed by atoms with van der Waals surface area (Å²) in [5.41, 5.74) is 4.75. The molecular formula is C19H19N5. The normalized spacial score (nSPS) is 10.4. The van der Waals surface area contributed by atoms with Crippen LogP contribution in [-0.4, -0.2) is 21.3 Å². The third-order valence-corrected chi connectivity index (χ3v) is 3.87. The highest BCUT2D eigenvalue weighted by Crippen LogP contribution is 2.17. The van der Waals surface area contributed by atoms with E-state index in [1.54, 1.807) is 6.20 Å². The summed E-state index contributed by atoms with van der Waals surface area (Å²) in [7, 11) is 0. The third-order valence-electron chi connectivity index (χ3n) is 3.87. The Labute approximate surface area is 141 Å². The maximum absolute atomic E-state index is 9.29. The first kappa shape index (κ1) is 15.8. The molecule has 2 aromatic heterocycles. The molecule has 1 aromatic carbocycles. The minimum absolute atomic E-state index is 0.620. The first-order valence-electron chi connectivity index (χ1n) is 7.88. The highest BCUT2D eigenvalue weighted by molar-refractivity contribution is 5.56. The summed E-state index contributed by atoms with van der Waals surface area (Å²) in [5.74, 6) is 0.670. The third kappa shape index (κ3) is 3.44. The second-order valence-corrected chi connectivity index (χ2v) is 5.71. The molecule has 0 atom stereocenters. The van der Waals surface area contributed by atoms with Gasteiger partial charge in [-0.15, -0.1) is 0 Å². The molecule has 24 heavy (non-hydrogen) atoms. The topological polar surface area (TPSA) is 66.5 Å². The zero-order valence-electron chi connectivity index (χ0n) is 13.8. The van der Waals surface area contributed by atoms with E-state index in [9.17, 15) is 5.26 Å². The summed E-state index contributed by atoms with van der Waals surface area (Å²) in [4.78, 5) is 4.44. The lowest BCUT2D eigenvalue weighted by Crippen LogP contribution is -2.09. The van der Waals surface area contributed by atoms with Crippen LogP contribution in [0.25, 0.3) is 5.69 Å². The molecule has 2 heterocycles. The van der Waals surface area contributed by atoms with Crippen molar-refractivity contribution in [3.05, 3.63) is 71.2 Å². The smallest absolute Gasteiger partial charge is 0.144 e. The van der Waals surface area contributed by atoms with Crippen LogP contribution in [0, 0.1) is 25.2 Å². The number of hydrogen-bond acceptors (Lipinski definition) is 4. The zero-order chi connectivity index (χ0) is 16.9. The number of pyridine rings is 1. The van der Waals surface area contributed by atoms with Gasteiger partial charge < -0.3 is 5.32 Å². The SMILES string of the molecule is Cc1cc(C)c(C#N)c(NCCc2ccc(-n3cccn3)cc2)n1. The number of benzene rings is 1. The van der Waals surface area contributed by atoms with Crippen LogP contribution in [-0.2, 0) is 6.42 Å². The van der Waals surface area contributed by atoms with Crippen LogP contribution >= 0.6 is 0 Å². The second-order valence-electron chi connectivity index (χ2n) is 5.71. The van der Waals surface area contributed by atoms with Crippen molar-refractivity contribution in [3.63, 3.8) is 0 Å². The van der Waals surface area contributed by atoms with Gasteiger partial charge in [0.25, 0.3) is 0 Å². The van der Waals surface area contributed by atoms with Gasteiger partial charge in [-0.2, -0.15) is 10.4 Å². The van der Waals surface area contributed by atoms with Gasteiger partial charge in [0.05, 0.1) is 11.3 Å². The predicted molar refractivity (Wildman–Crippen MR) is 94.2 cm³/mol. The maximum Gasteiger partial charge on any atom is 0.144 e. The quantitative estimate of drug-likeness (QED) is 0.783. The molecule has 1 N–H and O–H groups in total. The Morgan fingerprint density at radius 1 is 1.21 bits per heavy atom. The molecule has 0 radical (unpaired) electrons. The fourth-order valence-corrected chi connectivity index (χ4v) is 2.67. The average Bonchev–Trinajstić information content (AvgIpc) is 3.10. The summed E-state index contributed by atoms with van der Waals surface area (Å²) < 4.78 is 1.83. The average molecular weight is 317 g/mol. The lowest BCUT2D eigenvalue weighted by Gasteiger charge is -2.10. The fourth-order valence-electron chi connectivity index (χ4n) is 2.67. The monoisotopic (exact) mass is 317 g/mol. The van der Waals surface area contributed by atoms with Crippen LogP contribution in [0.15, 0.2) is 48.8 Å². The molecule has 0 saturated carbocycles. The molecule has 5 heteroatoms. The Morgan fingerprint density at radius 2 is 2.00 bits per heavy atom. The predicted octanol–water partition coefficient (Wildman–Crippen LogP) is 3.41. The van der Waals surface area contributed by atoms with E-state index in [-0.39, 0.29) is 0 Å². The van der Waals surface area contributed by atoms with Gasteiger partial charge in [-0.3, -0.25) is 0 Å². The second kappa shape index (κ2) is 6.97. The maximum atomic E-state index is 9.29. The molecule has 0 saturated heterocycles. The summed E-state index contributed by atoms with van der Waals surface area (Å²) in [5, 5.41) is 16.8. The minimum Gasteiger partial charge on any atom is -0.369 e. The van der Waals surface area contributed by atoms with Crippen LogP contribution in [0.3, 0.4) is 0 Å². The molecule has 0 unspecified atom stereocenters. The number of nitriles is 1. The molecule has 0 bridgehead atoms. The largest absolute Gasteiger partial charge is 0.369 e. The molecular weight excluding hydrogens is 298 g/mol. The molecule has 0 spiro atoms. The summed E-state index contributed by atoms with van der Waals surface area (Å²) in [6, 6.07) is 14.4. The Morgan fingerprint density at radius 3 is 2.67 bits per heavy atom. The first-order chi connectivity index (χ1) is 11.7. The molecule has 120 valence electrons. The number of rotatable bonds is 5. The van der Waals surface area contributed by atoms with Crippen LogP contribution in [0.2, 0.25) is 0 Å². The molecule has 3 rings (SSSR count). The number of anilines is 1. The summed E-state index contributed by atoms with van der Waals surface area (Å²) in [6.07, 6.45) is 4.55. The van der Waals surface area contributed by atoms with E-state index in [0.29, 0.717) is 11.4 Å². The number of nitrogens with one attached hydrogen (secondary N) is 1.